The number of hydrogen-bond acceptors (Lipinski definition) is 5. The second kappa shape index (κ2) is 7.84. The molecule has 4 nitrogen and oxygen atoms in total. The Bertz CT molecular complexity index is 759. The zero-order valence-electron chi connectivity index (χ0n) is 13.6. The summed E-state index contributed by atoms with van der Waals surface area (Å²) < 4.78 is 0. The Hall–Kier alpha value is -2.53. The largest absolute Gasteiger partial charge is 0.492 e. The molecule has 0 saturated heterocycles. The van der Waals surface area contributed by atoms with E-state index in [1.54, 1.807) is 0 Å². The van der Waals surface area contributed by atoms with Crippen molar-refractivity contribution in [3.8, 4) is 5.88 Å². The Labute approximate surface area is 146 Å². The van der Waals surface area contributed by atoms with Gasteiger partial charge in [0.05, 0.1) is 10.9 Å². The Morgan fingerprint density at radius 3 is 2.42 bits per heavy atom. The first-order valence-corrected chi connectivity index (χ1v) is 8.83. The van der Waals surface area contributed by atoms with E-state index >= 15 is 0 Å². The minimum absolute atomic E-state index is 0.123. The van der Waals surface area contributed by atoms with E-state index in [0.29, 0.717) is 0 Å². The van der Waals surface area contributed by atoms with Crippen LogP contribution in [0.25, 0.3) is 0 Å². The molecule has 0 spiro atoms. The third-order valence-corrected chi connectivity index (χ3v) is 4.81. The van der Waals surface area contributed by atoms with E-state index in [1.807, 2.05) is 48.5 Å². The van der Waals surface area contributed by atoms with E-state index < -0.39 is 0 Å². The average molecular weight is 339 g/mol. The van der Waals surface area contributed by atoms with Gasteiger partial charge in [-0.2, -0.15) is 4.98 Å². The van der Waals surface area contributed by atoms with Crippen molar-refractivity contribution in [1.29, 1.82) is 0 Å². The van der Waals surface area contributed by atoms with E-state index in [2.05, 4.69) is 34.7 Å². The van der Waals surface area contributed by atoms with Crippen molar-refractivity contribution >= 4 is 22.2 Å². The van der Waals surface area contributed by atoms with E-state index in [4.69, 9.17) is 0 Å². The molecule has 1 heterocycles. The van der Waals surface area contributed by atoms with Gasteiger partial charge in [0, 0.05) is 18.7 Å². The fraction of sp³-hybridized carbons (Fsp3) is 0.211. The molecule has 3 aromatic rings. The van der Waals surface area contributed by atoms with Crippen LogP contribution in [-0.4, -0.2) is 16.6 Å². The molecule has 5 heteroatoms. The number of rotatable bonds is 7. The number of benzene rings is 2. The highest BCUT2D eigenvalue weighted by Crippen LogP contribution is 2.30. The summed E-state index contributed by atoms with van der Waals surface area (Å²) >= 11 is 1.51. The van der Waals surface area contributed by atoms with Gasteiger partial charge < -0.3 is 15.7 Å². The predicted molar refractivity (Wildman–Crippen MR) is 101 cm³/mol. The number of aromatic nitrogens is 1. The minimum Gasteiger partial charge on any atom is -0.492 e. The first-order valence-electron chi connectivity index (χ1n) is 8.01. The Morgan fingerprint density at radius 2 is 1.71 bits per heavy atom. The highest BCUT2D eigenvalue weighted by molar-refractivity contribution is 7.15. The summed E-state index contributed by atoms with van der Waals surface area (Å²) in [5.41, 5.74) is 2.28. The quantitative estimate of drug-likeness (QED) is 0.585. The number of thiazole rings is 1. The zero-order chi connectivity index (χ0) is 16.8. The smallest absolute Gasteiger partial charge is 0.227 e. The maximum absolute atomic E-state index is 10.0. The maximum atomic E-state index is 10.0. The van der Waals surface area contributed by atoms with Crippen molar-refractivity contribution in [3.63, 3.8) is 0 Å². The molecule has 3 rings (SSSR count). The Morgan fingerprint density at radius 1 is 1.04 bits per heavy atom. The second-order valence-corrected chi connectivity index (χ2v) is 6.67. The molecule has 0 radical (unpaired) electrons. The van der Waals surface area contributed by atoms with Gasteiger partial charge in [-0.15, -0.1) is 0 Å². The van der Waals surface area contributed by atoms with Crippen LogP contribution in [-0.2, 0) is 6.42 Å². The highest BCUT2D eigenvalue weighted by Gasteiger charge is 2.12. The van der Waals surface area contributed by atoms with Crippen LogP contribution in [0.3, 0.4) is 0 Å². The molecule has 24 heavy (non-hydrogen) atoms. The molecule has 3 N–H and O–H groups in total. The van der Waals surface area contributed by atoms with Gasteiger partial charge in [-0.05, 0) is 24.6 Å². The number of aromatic hydroxyl groups is 1. The van der Waals surface area contributed by atoms with Gasteiger partial charge in [0.25, 0.3) is 0 Å². The molecule has 2 aromatic carbocycles. The van der Waals surface area contributed by atoms with Crippen LogP contribution in [0, 0.1) is 0 Å². The third kappa shape index (κ3) is 4.26. The lowest BCUT2D eigenvalue weighted by atomic mass is 10.1. The van der Waals surface area contributed by atoms with Gasteiger partial charge in [-0.25, -0.2) is 0 Å². The summed E-state index contributed by atoms with van der Waals surface area (Å²) in [7, 11) is 0. The first-order chi connectivity index (χ1) is 11.7. The molecular weight excluding hydrogens is 318 g/mol. The Kier molecular flexibility index (Phi) is 5.33. The summed E-state index contributed by atoms with van der Waals surface area (Å²) in [4.78, 5) is 5.13. The summed E-state index contributed by atoms with van der Waals surface area (Å²) in [6, 6.07) is 20.4. The van der Waals surface area contributed by atoms with Crippen LogP contribution in [0.2, 0.25) is 0 Å². The SMILES string of the molecule is C[C@@H](Nc1nc(O)c(CCNc2ccccc2)s1)c1ccccc1. The van der Waals surface area contributed by atoms with E-state index in [9.17, 15) is 5.11 Å². The van der Waals surface area contributed by atoms with Gasteiger partial charge >= 0.3 is 0 Å². The highest BCUT2D eigenvalue weighted by atomic mass is 32.1. The van der Waals surface area contributed by atoms with Crippen molar-refractivity contribution in [2.24, 2.45) is 0 Å². The summed E-state index contributed by atoms with van der Waals surface area (Å²) in [6.45, 7) is 2.85. The normalized spacial score (nSPS) is 11.9. The summed E-state index contributed by atoms with van der Waals surface area (Å²) in [6.07, 6.45) is 0.736. The molecule has 0 aliphatic heterocycles. The standard InChI is InChI=1S/C19H21N3OS/c1-14(15-8-4-2-5-9-15)21-19-22-18(23)17(24-19)12-13-20-16-10-6-3-7-11-16/h2-11,14,20,23H,12-13H2,1H3,(H,21,22)/t14-/m1/s1. The van der Waals surface area contributed by atoms with E-state index in [-0.39, 0.29) is 11.9 Å². The van der Waals surface area contributed by atoms with E-state index in [1.165, 1.54) is 16.9 Å². The molecule has 124 valence electrons. The molecular formula is C19H21N3OS. The van der Waals surface area contributed by atoms with Crippen molar-refractivity contribution in [2.75, 3.05) is 17.2 Å². The summed E-state index contributed by atoms with van der Waals surface area (Å²) in [5.74, 6) is 0.123. The summed E-state index contributed by atoms with van der Waals surface area (Å²) in [5, 5.41) is 17.5. The Balaban J connectivity index is 1.56. The van der Waals surface area contributed by atoms with Crippen LogP contribution in [0.15, 0.2) is 60.7 Å². The lowest BCUT2D eigenvalue weighted by Gasteiger charge is -2.12. The minimum atomic E-state index is 0.123. The number of hydrogen-bond donors (Lipinski definition) is 3. The fourth-order valence-electron chi connectivity index (χ4n) is 2.45. The first kappa shape index (κ1) is 16.3. The predicted octanol–water partition coefficient (Wildman–Crippen LogP) is 4.68. The monoisotopic (exact) mass is 339 g/mol. The van der Waals surface area contributed by atoms with Crippen LogP contribution in [0.1, 0.15) is 23.4 Å². The number of anilines is 2. The lowest BCUT2D eigenvalue weighted by molar-refractivity contribution is 0.452. The van der Waals surface area contributed by atoms with Gasteiger partial charge in [-0.1, -0.05) is 59.9 Å². The third-order valence-electron chi connectivity index (χ3n) is 3.77. The molecule has 0 unspecified atom stereocenters. The fourth-order valence-corrected chi connectivity index (χ4v) is 3.40. The van der Waals surface area contributed by atoms with Gasteiger partial charge in [0.15, 0.2) is 5.13 Å². The van der Waals surface area contributed by atoms with Gasteiger partial charge in [0.1, 0.15) is 0 Å². The average Bonchev–Trinajstić information content (AvgIpc) is 2.96. The van der Waals surface area contributed by atoms with Crippen molar-refractivity contribution in [2.45, 2.75) is 19.4 Å². The maximum Gasteiger partial charge on any atom is 0.227 e. The molecule has 1 aromatic heterocycles. The number of nitrogens with zero attached hydrogens (tertiary/aromatic N) is 1. The van der Waals surface area contributed by atoms with E-state index in [0.717, 1.165) is 28.7 Å². The molecule has 0 amide bonds. The molecule has 0 saturated carbocycles. The van der Waals surface area contributed by atoms with Crippen LogP contribution < -0.4 is 10.6 Å². The van der Waals surface area contributed by atoms with Crippen LogP contribution in [0.4, 0.5) is 10.8 Å². The van der Waals surface area contributed by atoms with Crippen LogP contribution >= 0.6 is 11.3 Å². The van der Waals surface area contributed by atoms with Crippen molar-refractivity contribution in [1.82, 2.24) is 4.98 Å². The van der Waals surface area contributed by atoms with Gasteiger partial charge in [-0.3, -0.25) is 0 Å². The van der Waals surface area contributed by atoms with Crippen molar-refractivity contribution in [3.05, 3.63) is 71.1 Å². The lowest BCUT2D eigenvalue weighted by Crippen LogP contribution is -2.05. The number of nitrogens with one attached hydrogen (secondary N) is 2. The van der Waals surface area contributed by atoms with Crippen molar-refractivity contribution < 1.29 is 5.11 Å². The topological polar surface area (TPSA) is 57.2 Å². The zero-order valence-corrected chi connectivity index (χ0v) is 14.4. The molecule has 0 bridgehead atoms. The van der Waals surface area contributed by atoms with Crippen LogP contribution in [0.5, 0.6) is 5.88 Å². The molecule has 0 aliphatic carbocycles. The molecule has 0 aliphatic rings. The molecule has 0 fully saturated rings. The number of para-hydroxylation sites is 1. The second-order valence-electron chi connectivity index (χ2n) is 5.59. The molecule has 1 atom stereocenters. The van der Waals surface area contributed by atoms with Gasteiger partial charge in [0.2, 0.25) is 5.88 Å².